The predicted octanol–water partition coefficient (Wildman–Crippen LogP) is 2.54. The topological polar surface area (TPSA) is 97.8 Å². The van der Waals surface area contributed by atoms with E-state index in [2.05, 4.69) is 0 Å². The molecule has 166 valence electrons. The number of pyridine rings is 1. The van der Waals surface area contributed by atoms with Gasteiger partial charge in [0, 0.05) is 19.2 Å². The van der Waals surface area contributed by atoms with Crippen molar-refractivity contribution in [1.29, 1.82) is 0 Å². The van der Waals surface area contributed by atoms with Crippen LogP contribution in [0.4, 0.5) is 18.9 Å². The van der Waals surface area contributed by atoms with Crippen LogP contribution in [0.1, 0.15) is 42.1 Å². The molecule has 5 rings (SSSR count). The molecule has 1 saturated heterocycles. The lowest BCUT2D eigenvalue weighted by atomic mass is 9.89. The molecule has 4 atom stereocenters. The van der Waals surface area contributed by atoms with E-state index in [-0.39, 0.29) is 48.3 Å². The van der Waals surface area contributed by atoms with Crippen molar-refractivity contribution in [2.75, 3.05) is 25.1 Å². The number of alkyl halides is 2. The fourth-order valence-corrected chi connectivity index (χ4v) is 5.26. The van der Waals surface area contributed by atoms with Gasteiger partial charge < -0.3 is 25.0 Å². The molecule has 0 amide bonds. The lowest BCUT2D eigenvalue weighted by Crippen LogP contribution is -2.53. The van der Waals surface area contributed by atoms with Crippen molar-refractivity contribution in [2.45, 2.75) is 49.1 Å². The Labute approximate surface area is 175 Å². The van der Waals surface area contributed by atoms with Gasteiger partial charge in [0.25, 0.3) is 0 Å². The summed E-state index contributed by atoms with van der Waals surface area (Å²) >= 11 is 0. The van der Waals surface area contributed by atoms with E-state index >= 15 is 8.78 Å². The third-order valence-corrected chi connectivity index (χ3v) is 6.99. The van der Waals surface area contributed by atoms with Crippen LogP contribution >= 0.6 is 0 Å². The Morgan fingerprint density at radius 2 is 2.06 bits per heavy atom. The molecule has 0 radical (unpaired) electrons. The number of hydrogen-bond acceptors (Lipinski definition) is 5. The normalized spacial score (nSPS) is 31.8. The van der Waals surface area contributed by atoms with E-state index in [1.54, 1.807) is 0 Å². The Morgan fingerprint density at radius 1 is 1.35 bits per heavy atom. The fraction of sp³-hybridized carbons (Fsp3) is 0.524. The molecular weight excluding hydrogens is 415 g/mol. The van der Waals surface area contributed by atoms with Crippen molar-refractivity contribution in [3.8, 4) is 5.75 Å². The number of fused-ring (bicyclic) bond motifs is 2. The predicted molar refractivity (Wildman–Crippen MR) is 107 cm³/mol. The second kappa shape index (κ2) is 6.38. The van der Waals surface area contributed by atoms with E-state index in [0.717, 1.165) is 12.3 Å². The molecule has 3 fully saturated rings. The van der Waals surface area contributed by atoms with E-state index in [0.29, 0.717) is 12.8 Å². The third kappa shape index (κ3) is 2.70. The number of nitrogens with two attached hydrogens (primary N) is 1. The summed E-state index contributed by atoms with van der Waals surface area (Å²) in [6, 6.07) is 0.232. The van der Waals surface area contributed by atoms with Gasteiger partial charge >= 0.3 is 5.97 Å². The maximum absolute atomic E-state index is 15.5. The second-order valence-corrected chi connectivity index (χ2v) is 8.87. The van der Waals surface area contributed by atoms with Gasteiger partial charge in [-0.05, 0) is 25.3 Å². The maximum atomic E-state index is 15.5. The molecule has 1 aromatic heterocycles. The average molecular weight is 437 g/mol. The number of ether oxygens (including phenoxy) is 1. The quantitative estimate of drug-likeness (QED) is 0.763. The highest BCUT2D eigenvalue weighted by Crippen LogP contribution is 2.51. The van der Waals surface area contributed by atoms with Crippen molar-refractivity contribution < 1.29 is 27.8 Å². The number of aromatic nitrogens is 1. The summed E-state index contributed by atoms with van der Waals surface area (Å²) in [7, 11) is 1.28. The minimum Gasteiger partial charge on any atom is -0.492 e. The molecule has 2 heterocycles. The number of methoxy groups -OCH3 is 1. The van der Waals surface area contributed by atoms with Crippen LogP contribution in [0.2, 0.25) is 0 Å². The second-order valence-electron chi connectivity index (χ2n) is 8.87. The molecule has 10 heteroatoms. The van der Waals surface area contributed by atoms with Crippen molar-refractivity contribution in [1.82, 2.24) is 4.57 Å². The van der Waals surface area contributed by atoms with Crippen molar-refractivity contribution >= 4 is 22.6 Å². The Morgan fingerprint density at radius 3 is 2.65 bits per heavy atom. The summed E-state index contributed by atoms with van der Waals surface area (Å²) in [5.74, 6) is -2.40. The number of carboxylic acid groups (broad SMARTS) is 1. The minimum absolute atomic E-state index is 0.0569. The summed E-state index contributed by atoms with van der Waals surface area (Å²) in [5.41, 5.74) is 2.08. The molecule has 2 aliphatic carbocycles. The number of rotatable bonds is 4. The first-order chi connectivity index (χ1) is 14.6. The van der Waals surface area contributed by atoms with Crippen molar-refractivity contribution in [3.63, 3.8) is 0 Å². The molecule has 0 spiro atoms. The molecular formula is C21H22F3N3O4. The smallest absolute Gasteiger partial charge is 0.341 e. The first-order valence-electron chi connectivity index (χ1n) is 10.2. The van der Waals surface area contributed by atoms with Crippen LogP contribution in [0.25, 0.3) is 10.9 Å². The molecule has 31 heavy (non-hydrogen) atoms. The molecule has 2 saturated carbocycles. The van der Waals surface area contributed by atoms with E-state index in [4.69, 9.17) is 10.5 Å². The Bertz CT molecular complexity index is 1170. The zero-order valence-corrected chi connectivity index (χ0v) is 16.8. The standard InChI is InChI=1S/C21H22F3N3O4/c1-31-18-15-10(17(28)11(19(29)30)7-27(15)14-6-12(14)22)5-13(23)16(18)26-8-20(24)3-2-4-21(20,25)9-26/h5,7,12,14H,2-4,6,8-9,25H2,1H3,(H,29,30)/t12-,14+,20-,21+/m0/s1. The van der Waals surface area contributed by atoms with Gasteiger partial charge in [0.2, 0.25) is 5.43 Å². The Balaban J connectivity index is 1.77. The number of carboxylic acids is 1. The molecule has 0 bridgehead atoms. The van der Waals surface area contributed by atoms with Crippen LogP contribution in [0, 0.1) is 5.82 Å². The Kier molecular flexibility index (Phi) is 4.15. The third-order valence-electron chi connectivity index (χ3n) is 6.99. The lowest BCUT2D eigenvalue weighted by molar-refractivity contribution is 0.0694. The van der Waals surface area contributed by atoms with Crippen LogP contribution in [-0.2, 0) is 0 Å². The fourth-order valence-electron chi connectivity index (χ4n) is 5.26. The van der Waals surface area contributed by atoms with Gasteiger partial charge in [-0.2, -0.15) is 0 Å². The monoisotopic (exact) mass is 437 g/mol. The largest absolute Gasteiger partial charge is 0.492 e. The van der Waals surface area contributed by atoms with E-state index in [1.165, 1.54) is 16.6 Å². The zero-order valence-electron chi connectivity index (χ0n) is 16.8. The first kappa shape index (κ1) is 20.2. The van der Waals surface area contributed by atoms with Gasteiger partial charge in [0.05, 0.1) is 36.1 Å². The average Bonchev–Trinajstić information content (AvgIpc) is 3.26. The van der Waals surface area contributed by atoms with Crippen LogP contribution in [-0.4, -0.2) is 53.2 Å². The number of benzene rings is 1. The summed E-state index contributed by atoms with van der Waals surface area (Å²) < 4.78 is 51.6. The molecule has 1 aromatic carbocycles. The van der Waals surface area contributed by atoms with Gasteiger partial charge in [-0.1, -0.05) is 0 Å². The summed E-state index contributed by atoms with van der Waals surface area (Å²) in [6.07, 6.45) is 1.37. The van der Waals surface area contributed by atoms with Crippen molar-refractivity contribution in [3.05, 3.63) is 33.9 Å². The van der Waals surface area contributed by atoms with Crippen LogP contribution in [0.5, 0.6) is 5.75 Å². The molecule has 3 aliphatic rings. The molecule has 3 N–H and O–H groups in total. The molecule has 7 nitrogen and oxygen atoms in total. The van der Waals surface area contributed by atoms with Gasteiger partial charge in [-0.15, -0.1) is 0 Å². The number of anilines is 1. The highest BCUT2D eigenvalue weighted by molar-refractivity contribution is 5.97. The lowest BCUT2D eigenvalue weighted by Gasteiger charge is -2.27. The van der Waals surface area contributed by atoms with E-state index in [9.17, 15) is 19.1 Å². The van der Waals surface area contributed by atoms with Crippen molar-refractivity contribution in [2.24, 2.45) is 5.73 Å². The summed E-state index contributed by atoms with van der Waals surface area (Å²) in [5, 5.41) is 9.17. The highest BCUT2D eigenvalue weighted by atomic mass is 19.1. The first-order valence-corrected chi connectivity index (χ1v) is 10.2. The van der Waals surface area contributed by atoms with Crippen LogP contribution < -0.4 is 20.8 Å². The SMILES string of the molecule is COc1c(N2C[C@]3(N)CCC[C@]3(F)C2)c(F)cc2c(=O)c(C(=O)O)cn([C@@H]3C[C@@H]3F)c12. The number of nitrogens with zero attached hydrogens (tertiary/aromatic N) is 2. The van der Waals surface area contributed by atoms with E-state index in [1.807, 2.05) is 0 Å². The molecule has 1 aliphatic heterocycles. The van der Waals surface area contributed by atoms with Gasteiger partial charge in [0.1, 0.15) is 23.1 Å². The van der Waals surface area contributed by atoms with Gasteiger partial charge in [-0.25, -0.2) is 18.0 Å². The summed E-state index contributed by atoms with van der Waals surface area (Å²) in [6.45, 7) is -0.0657. The van der Waals surface area contributed by atoms with Gasteiger partial charge in [-0.3, -0.25) is 4.79 Å². The minimum atomic E-state index is -1.67. The highest BCUT2D eigenvalue weighted by Gasteiger charge is 2.60. The molecule has 0 unspecified atom stereocenters. The summed E-state index contributed by atoms with van der Waals surface area (Å²) in [4.78, 5) is 25.8. The molecule has 2 aromatic rings. The number of carbonyl (C=O) groups is 1. The number of hydrogen-bond donors (Lipinski definition) is 2. The number of aromatic carboxylic acids is 1. The Hall–Kier alpha value is -2.75. The van der Waals surface area contributed by atoms with E-state index < -0.39 is 46.2 Å². The number of halogens is 3. The zero-order chi connectivity index (χ0) is 22.3. The van der Waals surface area contributed by atoms with Gasteiger partial charge in [0.15, 0.2) is 11.6 Å². The van der Waals surface area contributed by atoms with Crippen LogP contribution in [0.3, 0.4) is 0 Å². The van der Waals surface area contributed by atoms with Crippen LogP contribution in [0.15, 0.2) is 17.1 Å². The maximum Gasteiger partial charge on any atom is 0.341 e.